The van der Waals surface area contributed by atoms with Crippen molar-refractivity contribution in [3.8, 4) is 0 Å². The Morgan fingerprint density at radius 1 is 0.750 bits per heavy atom. The van der Waals surface area contributed by atoms with Crippen LogP contribution in [-0.2, 0) is 0 Å². The molecule has 0 bridgehead atoms. The lowest BCUT2D eigenvalue weighted by Crippen LogP contribution is -2.34. The molecule has 3 aromatic carbocycles. The van der Waals surface area contributed by atoms with Gasteiger partial charge in [0.25, 0.3) is 0 Å². The van der Waals surface area contributed by atoms with Crippen LogP contribution < -0.4 is 4.90 Å². The predicted octanol–water partition coefficient (Wildman–Crippen LogP) is 6.10. The number of hydrogen-bond acceptors (Lipinski definition) is 2. The maximum atomic E-state index is 2.55. The molecule has 1 nitrogen and oxygen atoms in total. The normalized spacial score (nSPS) is 19.8. The number of fused-ring (bicyclic) bond motifs is 1. The molecule has 0 N–H and O–H groups in total. The zero-order chi connectivity index (χ0) is 16.4. The number of rotatable bonds is 3. The molecule has 3 aromatic rings. The summed E-state index contributed by atoms with van der Waals surface area (Å²) >= 11 is 1.99. The third-order valence-electron chi connectivity index (χ3n) is 4.66. The van der Waals surface area contributed by atoms with E-state index in [0.29, 0.717) is 11.3 Å². The van der Waals surface area contributed by atoms with Crippen molar-refractivity contribution in [2.24, 2.45) is 0 Å². The molecule has 1 aliphatic rings. The van der Waals surface area contributed by atoms with Crippen molar-refractivity contribution in [3.63, 3.8) is 0 Å². The molecule has 4 rings (SSSR count). The average Bonchev–Trinajstić information content (AvgIpc) is 2.67. The second kappa shape index (κ2) is 6.74. The van der Waals surface area contributed by atoms with Gasteiger partial charge in [-0.1, -0.05) is 72.8 Å². The van der Waals surface area contributed by atoms with Crippen LogP contribution in [0.15, 0.2) is 89.8 Å². The second-order valence-corrected chi connectivity index (χ2v) is 7.24. The van der Waals surface area contributed by atoms with Crippen LogP contribution in [0.1, 0.15) is 29.3 Å². The lowest BCUT2D eigenvalue weighted by atomic mass is 9.95. The van der Waals surface area contributed by atoms with Gasteiger partial charge in [-0.05, 0) is 30.2 Å². The summed E-state index contributed by atoms with van der Waals surface area (Å²) in [6.07, 6.45) is 0. The van der Waals surface area contributed by atoms with Crippen LogP contribution in [0.5, 0.6) is 0 Å². The first kappa shape index (κ1) is 15.3. The van der Waals surface area contributed by atoms with E-state index in [4.69, 9.17) is 0 Å². The second-order valence-electron chi connectivity index (χ2n) is 6.06. The molecule has 0 fully saturated rings. The summed E-state index contributed by atoms with van der Waals surface area (Å²) in [5.41, 5.74) is 4.13. The van der Waals surface area contributed by atoms with Crippen LogP contribution in [0.25, 0.3) is 0 Å². The number of nitrogens with zero attached hydrogens (tertiary/aromatic N) is 1. The predicted molar refractivity (Wildman–Crippen MR) is 104 cm³/mol. The van der Waals surface area contributed by atoms with E-state index in [1.807, 2.05) is 11.8 Å². The third-order valence-corrected chi connectivity index (χ3v) is 6.04. The Labute approximate surface area is 148 Å². The van der Waals surface area contributed by atoms with Crippen LogP contribution in [0, 0.1) is 0 Å². The summed E-state index contributed by atoms with van der Waals surface area (Å²) in [7, 11) is 0. The van der Waals surface area contributed by atoms with Crippen molar-refractivity contribution in [1.29, 1.82) is 0 Å². The zero-order valence-corrected chi connectivity index (χ0v) is 14.6. The van der Waals surface area contributed by atoms with E-state index in [9.17, 15) is 0 Å². The molecule has 0 saturated carbocycles. The Bertz CT molecular complexity index is 800. The first-order valence-electron chi connectivity index (χ1n) is 8.50. The maximum absolute atomic E-state index is 2.55. The number of anilines is 1. The molecule has 0 radical (unpaired) electrons. The minimum atomic E-state index is 0.346. The molecule has 0 saturated heterocycles. The van der Waals surface area contributed by atoms with E-state index < -0.39 is 0 Å². The van der Waals surface area contributed by atoms with E-state index in [2.05, 4.69) is 96.8 Å². The quantitative estimate of drug-likeness (QED) is 0.570. The van der Waals surface area contributed by atoms with Crippen LogP contribution in [-0.4, -0.2) is 6.54 Å². The smallest absolute Gasteiger partial charge is 0.0705 e. The molecule has 0 amide bonds. The highest BCUT2D eigenvalue weighted by Gasteiger charge is 2.36. The number of benzene rings is 3. The van der Waals surface area contributed by atoms with E-state index in [0.717, 1.165) is 6.54 Å². The molecule has 2 atom stereocenters. The van der Waals surface area contributed by atoms with Gasteiger partial charge in [0.05, 0.1) is 17.0 Å². The Morgan fingerprint density at radius 3 is 2.00 bits per heavy atom. The van der Waals surface area contributed by atoms with Gasteiger partial charge in [0.2, 0.25) is 0 Å². The number of likely N-dealkylation sites (N-methyl/N-ethyl adjacent to an activating group) is 1. The summed E-state index contributed by atoms with van der Waals surface area (Å²) in [5.74, 6) is 0. The Morgan fingerprint density at radius 2 is 1.33 bits per heavy atom. The highest BCUT2D eigenvalue weighted by Crippen LogP contribution is 2.54. The Balaban J connectivity index is 1.87. The van der Waals surface area contributed by atoms with Crippen molar-refractivity contribution in [2.75, 3.05) is 11.4 Å². The number of hydrogen-bond donors (Lipinski definition) is 0. The lowest BCUT2D eigenvalue weighted by molar-refractivity contribution is 0.606. The summed E-state index contributed by atoms with van der Waals surface area (Å²) in [6, 6.07) is 31.0. The fourth-order valence-corrected chi connectivity index (χ4v) is 5.04. The molecule has 1 aliphatic heterocycles. The van der Waals surface area contributed by atoms with Gasteiger partial charge in [0, 0.05) is 11.4 Å². The highest BCUT2D eigenvalue weighted by atomic mass is 32.2. The van der Waals surface area contributed by atoms with Crippen LogP contribution in [0.2, 0.25) is 0 Å². The average molecular weight is 331 g/mol. The van der Waals surface area contributed by atoms with Gasteiger partial charge in [0.15, 0.2) is 0 Å². The van der Waals surface area contributed by atoms with E-state index in [1.165, 1.54) is 21.7 Å². The first-order valence-corrected chi connectivity index (χ1v) is 9.38. The summed E-state index contributed by atoms with van der Waals surface area (Å²) in [5, 5.41) is 0.392. The maximum Gasteiger partial charge on any atom is 0.0705 e. The minimum Gasteiger partial charge on any atom is -0.362 e. The van der Waals surface area contributed by atoms with Crippen LogP contribution >= 0.6 is 11.8 Å². The fourth-order valence-electron chi connectivity index (χ4n) is 3.57. The topological polar surface area (TPSA) is 3.24 Å². The fraction of sp³-hybridized carbons (Fsp3) is 0.182. The van der Waals surface area contributed by atoms with Crippen molar-refractivity contribution < 1.29 is 0 Å². The Kier molecular flexibility index (Phi) is 4.31. The highest BCUT2D eigenvalue weighted by molar-refractivity contribution is 7.99. The molecule has 0 spiro atoms. The molecular formula is C22H21NS. The summed E-state index contributed by atoms with van der Waals surface area (Å²) in [4.78, 5) is 3.93. The molecular weight excluding hydrogens is 310 g/mol. The Hall–Kier alpha value is -2.19. The number of para-hydroxylation sites is 1. The molecule has 0 aromatic heterocycles. The van der Waals surface area contributed by atoms with Gasteiger partial charge in [0.1, 0.15) is 0 Å². The molecule has 120 valence electrons. The van der Waals surface area contributed by atoms with E-state index in [-0.39, 0.29) is 0 Å². The van der Waals surface area contributed by atoms with Gasteiger partial charge in [-0.15, -0.1) is 11.8 Å². The van der Waals surface area contributed by atoms with Gasteiger partial charge in [-0.2, -0.15) is 0 Å². The van der Waals surface area contributed by atoms with E-state index >= 15 is 0 Å². The largest absolute Gasteiger partial charge is 0.362 e. The van der Waals surface area contributed by atoms with Crippen molar-refractivity contribution >= 4 is 17.4 Å². The summed E-state index contributed by atoms with van der Waals surface area (Å²) in [6.45, 7) is 3.26. The number of thioether (sulfide) groups is 1. The standard InChI is InChI=1S/C22H21NS/c1-2-23-19-15-9-10-16-20(19)24-22(18-13-7-4-8-14-18)21(23)17-11-5-3-6-12-17/h3-16,21-22H,2H2,1H3. The lowest BCUT2D eigenvalue weighted by Gasteiger charge is -2.43. The van der Waals surface area contributed by atoms with Crippen molar-refractivity contribution in [2.45, 2.75) is 23.1 Å². The zero-order valence-electron chi connectivity index (χ0n) is 13.8. The summed E-state index contributed by atoms with van der Waals surface area (Å²) < 4.78 is 0. The molecule has 2 unspecified atom stereocenters. The molecule has 0 aliphatic carbocycles. The first-order chi connectivity index (χ1) is 11.9. The van der Waals surface area contributed by atoms with Gasteiger partial charge < -0.3 is 4.90 Å². The van der Waals surface area contributed by atoms with Crippen molar-refractivity contribution in [3.05, 3.63) is 96.1 Å². The van der Waals surface area contributed by atoms with Crippen LogP contribution in [0.4, 0.5) is 5.69 Å². The molecule has 24 heavy (non-hydrogen) atoms. The molecule has 1 heterocycles. The monoisotopic (exact) mass is 331 g/mol. The van der Waals surface area contributed by atoms with Crippen molar-refractivity contribution in [1.82, 2.24) is 0 Å². The van der Waals surface area contributed by atoms with Crippen LogP contribution in [0.3, 0.4) is 0 Å². The molecule has 2 heteroatoms. The minimum absolute atomic E-state index is 0.346. The van der Waals surface area contributed by atoms with E-state index in [1.54, 1.807) is 0 Å². The third kappa shape index (κ3) is 2.71. The SMILES string of the molecule is CCN1c2ccccc2SC(c2ccccc2)C1c1ccccc1. The van der Waals surface area contributed by atoms with Gasteiger partial charge in [-0.3, -0.25) is 0 Å². The van der Waals surface area contributed by atoms with Gasteiger partial charge >= 0.3 is 0 Å². The van der Waals surface area contributed by atoms with Gasteiger partial charge in [-0.25, -0.2) is 0 Å².